The molecule has 0 aliphatic carbocycles. The lowest BCUT2D eigenvalue weighted by Crippen LogP contribution is -2.22. The zero-order valence-corrected chi connectivity index (χ0v) is 14.1. The standard InChI is InChI=1S/C20H16N4O2/c1-26-16-11-9-15(10-12-16)23-24-19(13-21)20(25)22-18-8-4-6-14-5-2-3-7-17(14)18/h2-12,23H,1H3,(H,22,25)/b24-19+. The Hall–Kier alpha value is -3.85. The van der Waals surface area contributed by atoms with E-state index in [1.165, 1.54) is 0 Å². The van der Waals surface area contributed by atoms with E-state index >= 15 is 0 Å². The van der Waals surface area contributed by atoms with Crippen molar-refractivity contribution in [2.45, 2.75) is 0 Å². The second-order valence-corrected chi connectivity index (χ2v) is 5.39. The van der Waals surface area contributed by atoms with Crippen molar-refractivity contribution in [3.05, 3.63) is 66.7 Å². The summed E-state index contributed by atoms with van der Waals surface area (Å²) < 4.78 is 5.08. The first-order valence-electron chi connectivity index (χ1n) is 7.88. The summed E-state index contributed by atoms with van der Waals surface area (Å²) >= 11 is 0. The molecule has 3 rings (SSSR count). The maximum Gasteiger partial charge on any atom is 0.287 e. The average Bonchev–Trinajstić information content (AvgIpc) is 2.69. The van der Waals surface area contributed by atoms with E-state index in [1.54, 1.807) is 37.4 Å². The highest BCUT2D eigenvalue weighted by atomic mass is 16.5. The second kappa shape index (κ2) is 7.81. The lowest BCUT2D eigenvalue weighted by molar-refractivity contribution is -0.110. The number of methoxy groups -OCH3 is 1. The first-order valence-corrected chi connectivity index (χ1v) is 7.88. The summed E-state index contributed by atoms with van der Waals surface area (Å²) in [6.45, 7) is 0. The summed E-state index contributed by atoms with van der Waals surface area (Å²) in [5.74, 6) is 0.124. The predicted octanol–water partition coefficient (Wildman–Crippen LogP) is 3.78. The summed E-state index contributed by atoms with van der Waals surface area (Å²) in [5, 5.41) is 17.8. The monoisotopic (exact) mass is 344 g/mol. The third-order valence-electron chi connectivity index (χ3n) is 3.75. The molecular weight excluding hydrogens is 328 g/mol. The Morgan fingerprint density at radius 3 is 2.50 bits per heavy atom. The van der Waals surface area contributed by atoms with Crippen molar-refractivity contribution in [2.75, 3.05) is 17.9 Å². The summed E-state index contributed by atoms with van der Waals surface area (Å²) in [5.41, 5.74) is 3.69. The van der Waals surface area contributed by atoms with Crippen LogP contribution >= 0.6 is 0 Å². The molecule has 0 bridgehead atoms. The van der Waals surface area contributed by atoms with Crippen LogP contribution in [0.25, 0.3) is 10.8 Å². The van der Waals surface area contributed by atoms with Crippen LogP contribution in [-0.2, 0) is 4.79 Å². The number of hydrogen-bond acceptors (Lipinski definition) is 5. The van der Waals surface area contributed by atoms with Gasteiger partial charge in [-0.3, -0.25) is 10.2 Å². The minimum Gasteiger partial charge on any atom is -0.497 e. The number of benzene rings is 3. The SMILES string of the molecule is COc1ccc(N/N=C(\C#N)C(=O)Nc2cccc3ccccc23)cc1. The number of anilines is 2. The van der Waals surface area contributed by atoms with Crippen LogP contribution in [0.15, 0.2) is 71.8 Å². The largest absolute Gasteiger partial charge is 0.497 e. The number of nitrogens with zero attached hydrogens (tertiary/aromatic N) is 2. The van der Waals surface area contributed by atoms with E-state index in [4.69, 9.17) is 4.74 Å². The van der Waals surface area contributed by atoms with Crippen molar-refractivity contribution in [3.63, 3.8) is 0 Å². The van der Waals surface area contributed by atoms with Gasteiger partial charge in [0.05, 0.1) is 12.8 Å². The number of rotatable bonds is 5. The smallest absolute Gasteiger partial charge is 0.287 e. The lowest BCUT2D eigenvalue weighted by atomic mass is 10.1. The molecule has 6 nitrogen and oxygen atoms in total. The van der Waals surface area contributed by atoms with Gasteiger partial charge in [-0.2, -0.15) is 10.4 Å². The van der Waals surface area contributed by atoms with Gasteiger partial charge in [0.2, 0.25) is 5.71 Å². The Morgan fingerprint density at radius 2 is 1.77 bits per heavy atom. The van der Waals surface area contributed by atoms with Gasteiger partial charge >= 0.3 is 0 Å². The van der Waals surface area contributed by atoms with E-state index in [9.17, 15) is 10.1 Å². The zero-order chi connectivity index (χ0) is 18.4. The van der Waals surface area contributed by atoms with Crippen LogP contribution in [0.3, 0.4) is 0 Å². The van der Waals surface area contributed by atoms with E-state index < -0.39 is 5.91 Å². The Kier molecular flexibility index (Phi) is 5.11. The number of nitrogens with one attached hydrogen (secondary N) is 2. The molecule has 0 spiro atoms. The van der Waals surface area contributed by atoms with Crippen LogP contribution in [-0.4, -0.2) is 18.7 Å². The molecule has 0 saturated heterocycles. The fourth-order valence-corrected chi connectivity index (χ4v) is 2.43. The van der Waals surface area contributed by atoms with Gasteiger partial charge < -0.3 is 10.1 Å². The molecule has 0 radical (unpaired) electrons. The number of fused-ring (bicyclic) bond motifs is 1. The Balaban J connectivity index is 1.76. The highest BCUT2D eigenvalue weighted by Gasteiger charge is 2.13. The topological polar surface area (TPSA) is 86.5 Å². The maximum absolute atomic E-state index is 12.4. The molecule has 0 fully saturated rings. The fourth-order valence-electron chi connectivity index (χ4n) is 2.43. The molecule has 0 aromatic heterocycles. The van der Waals surface area contributed by atoms with E-state index in [0.29, 0.717) is 17.1 Å². The van der Waals surface area contributed by atoms with Gasteiger partial charge in [-0.15, -0.1) is 0 Å². The summed E-state index contributed by atoms with van der Waals surface area (Å²) in [6.07, 6.45) is 0. The average molecular weight is 344 g/mol. The van der Waals surface area contributed by atoms with Crippen molar-refractivity contribution >= 4 is 33.8 Å². The van der Waals surface area contributed by atoms with E-state index in [0.717, 1.165) is 10.8 Å². The number of hydrogen-bond donors (Lipinski definition) is 2. The molecule has 128 valence electrons. The minimum atomic E-state index is -0.579. The van der Waals surface area contributed by atoms with Gasteiger partial charge in [0.25, 0.3) is 5.91 Å². The number of carbonyl (C=O) groups is 1. The molecule has 0 heterocycles. The number of carbonyl (C=O) groups excluding carboxylic acids is 1. The number of ether oxygens (including phenoxy) is 1. The lowest BCUT2D eigenvalue weighted by Gasteiger charge is -2.08. The van der Waals surface area contributed by atoms with Gasteiger partial charge in [0.1, 0.15) is 11.8 Å². The normalized spacial score (nSPS) is 10.8. The molecular formula is C20H16N4O2. The number of amides is 1. The highest BCUT2D eigenvalue weighted by Crippen LogP contribution is 2.23. The molecule has 0 aliphatic rings. The molecule has 26 heavy (non-hydrogen) atoms. The first-order chi connectivity index (χ1) is 12.7. The van der Waals surface area contributed by atoms with E-state index in [-0.39, 0.29) is 5.71 Å². The molecule has 1 amide bonds. The zero-order valence-electron chi connectivity index (χ0n) is 14.1. The molecule has 2 N–H and O–H groups in total. The van der Waals surface area contributed by atoms with Crippen molar-refractivity contribution in [1.29, 1.82) is 5.26 Å². The molecule has 0 atom stereocenters. The van der Waals surface area contributed by atoms with E-state index in [2.05, 4.69) is 15.8 Å². The van der Waals surface area contributed by atoms with Gasteiger partial charge in [-0.05, 0) is 35.7 Å². The molecule has 6 heteroatoms. The minimum absolute atomic E-state index is 0.270. The molecule has 0 aliphatic heterocycles. The summed E-state index contributed by atoms with van der Waals surface area (Å²) in [7, 11) is 1.58. The van der Waals surface area contributed by atoms with Crippen molar-refractivity contribution in [2.24, 2.45) is 5.10 Å². The molecule has 0 unspecified atom stereocenters. The summed E-state index contributed by atoms with van der Waals surface area (Å²) in [6, 6.07) is 22.0. The quantitative estimate of drug-likeness (QED) is 0.545. The van der Waals surface area contributed by atoms with Crippen LogP contribution in [0, 0.1) is 11.3 Å². The fraction of sp³-hybridized carbons (Fsp3) is 0.0500. The first kappa shape index (κ1) is 17.0. The van der Waals surface area contributed by atoms with Gasteiger partial charge in [-0.25, -0.2) is 0 Å². The van der Waals surface area contributed by atoms with Crippen molar-refractivity contribution in [1.82, 2.24) is 0 Å². The third-order valence-corrected chi connectivity index (χ3v) is 3.75. The van der Waals surface area contributed by atoms with Crippen LogP contribution in [0.1, 0.15) is 0 Å². The van der Waals surface area contributed by atoms with Gasteiger partial charge in [0.15, 0.2) is 0 Å². The highest BCUT2D eigenvalue weighted by molar-refractivity contribution is 6.49. The molecule has 3 aromatic carbocycles. The van der Waals surface area contributed by atoms with Gasteiger partial charge in [-0.1, -0.05) is 36.4 Å². The van der Waals surface area contributed by atoms with Crippen LogP contribution in [0.5, 0.6) is 5.75 Å². The molecule has 3 aromatic rings. The van der Waals surface area contributed by atoms with Gasteiger partial charge in [0, 0.05) is 11.1 Å². The van der Waals surface area contributed by atoms with Crippen LogP contribution in [0.4, 0.5) is 11.4 Å². The number of hydrazone groups is 1. The Labute approximate surface area is 150 Å². The predicted molar refractivity (Wildman–Crippen MR) is 102 cm³/mol. The maximum atomic E-state index is 12.4. The third kappa shape index (κ3) is 3.79. The van der Waals surface area contributed by atoms with Crippen molar-refractivity contribution in [3.8, 4) is 11.8 Å². The van der Waals surface area contributed by atoms with Crippen molar-refractivity contribution < 1.29 is 9.53 Å². The second-order valence-electron chi connectivity index (χ2n) is 5.39. The van der Waals surface area contributed by atoms with E-state index in [1.807, 2.05) is 42.5 Å². The van der Waals surface area contributed by atoms with Crippen LogP contribution in [0.2, 0.25) is 0 Å². The molecule has 0 saturated carbocycles. The number of nitriles is 1. The Bertz CT molecular complexity index is 999. The Morgan fingerprint density at radius 1 is 1.04 bits per heavy atom. The van der Waals surface area contributed by atoms with Crippen LogP contribution < -0.4 is 15.5 Å². The summed E-state index contributed by atoms with van der Waals surface area (Å²) in [4.78, 5) is 12.4.